The van der Waals surface area contributed by atoms with Crippen LogP contribution in [0.25, 0.3) is 0 Å². The summed E-state index contributed by atoms with van der Waals surface area (Å²) in [4.78, 5) is 25.1. The van der Waals surface area contributed by atoms with Gasteiger partial charge in [0.15, 0.2) is 0 Å². The van der Waals surface area contributed by atoms with E-state index in [1.807, 2.05) is 13.8 Å². The molecule has 110 valence electrons. The number of aromatic nitrogens is 2. The number of aryl methyl sites for hydroxylation is 2. The van der Waals surface area contributed by atoms with E-state index >= 15 is 0 Å². The highest BCUT2D eigenvalue weighted by Gasteiger charge is 2.29. The molecule has 6 nitrogen and oxygen atoms in total. The largest absolute Gasteiger partial charge is 0.481 e. The van der Waals surface area contributed by atoms with Gasteiger partial charge in [0.05, 0.1) is 18.5 Å². The number of hydrogen-bond acceptors (Lipinski definition) is 3. The standard InChI is InChI=1S/C14H21N3O3/c1-9-12(10(2)16-15-9)8-13(18)17-6-4-3-5-11(17)7-14(19)20/h11H,3-8H2,1-2H3,(H,15,16)(H,19,20). The number of nitrogens with one attached hydrogen (secondary N) is 1. The molecule has 0 spiro atoms. The molecular weight excluding hydrogens is 258 g/mol. The third-order valence-corrected chi connectivity index (χ3v) is 3.97. The van der Waals surface area contributed by atoms with E-state index in [-0.39, 0.29) is 18.4 Å². The molecule has 1 saturated heterocycles. The van der Waals surface area contributed by atoms with E-state index in [1.165, 1.54) is 0 Å². The van der Waals surface area contributed by atoms with Crippen LogP contribution in [0.5, 0.6) is 0 Å². The highest BCUT2D eigenvalue weighted by Crippen LogP contribution is 2.21. The monoisotopic (exact) mass is 279 g/mol. The minimum absolute atomic E-state index is 0.00329. The van der Waals surface area contributed by atoms with Crippen LogP contribution >= 0.6 is 0 Å². The second kappa shape index (κ2) is 6.07. The number of aromatic amines is 1. The Morgan fingerprint density at radius 3 is 2.75 bits per heavy atom. The van der Waals surface area contributed by atoms with Gasteiger partial charge in [0.25, 0.3) is 0 Å². The second-order valence-electron chi connectivity index (χ2n) is 5.42. The summed E-state index contributed by atoms with van der Waals surface area (Å²) in [5.74, 6) is -0.839. The van der Waals surface area contributed by atoms with Crippen LogP contribution in [0, 0.1) is 13.8 Å². The minimum atomic E-state index is -0.842. The van der Waals surface area contributed by atoms with Crippen molar-refractivity contribution in [2.75, 3.05) is 6.54 Å². The van der Waals surface area contributed by atoms with Crippen molar-refractivity contribution in [3.63, 3.8) is 0 Å². The summed E-state index contributed by atoms with van der Waals surface area (Å²) in [6.07, 6.45) is 3.05. The number of carbonyl (C=O) groups is 2. The SMILES string of the molecule is Cc1n[nH]c(C)c1CC(=O)N1CCCCC1CC(=O)O. The number of carboxylic acids is 1. The molecule has 0 saturated carbocycles. The molecule has 0 bridgehead atoms. The van der Waals surface area contributed by atoms with Crippen LogP contribution in [0.4, 0.5) is 0 Å². The fourth-order valence-electron chi connectivity index (χ4n) is 2.83. The van der Waals surface area contributed by atoms with Gasteiger partial charge in [-0.15, -0.1) is 0 Å². The first-order valence-corrected chi connectivity index (χ1v) is 7.00. The maximum atomic E-state index is 12.5. The number of nitrogens with zero attached hydrogens (tertiary/aromatic N) is 2. The molecule has 1 aromatic rings. The third-order valence-electron chi connectivity index (χ3n) is 3.97. The number of aliphatic carboxylic acids is 1. The van der Waals surface area contributed by atoms with Gasteiger partial charge in [-0.2, -0.15) is 5.10 Å². The lowest BCUT2D eigenvalue weighted by Gasteiger charge is -2.35. The molecule has 2 rings (SSSR count). The first-order valence-electron chi connectivity index (χ1n) is 7.00. The van der Waals surface area contributed by atoms with Gasteiger partial charge in [-0.05, 0) is 33.1 Å². The van der Waals surface area contributed by atoms with Gasteiger partial charge in [0, 0.05) is 23.8 Å². The normalized spacial score (nSPS) is 19.1. The van der Waals surface area contributed by atoms with Crippen molar-refractivity contribution in [2.24, 2.45) is 0 Å². The van der Waals surface area contributed by atoms with Crippen LogP contribution in [0.1, 0.15) is 42.6 Å². The quantitative estimate of drug-likeness (QED) is 0.872. The van der Waals surface area contributed by atoms with Gasteiger partial charge in [-0.25, -0.2) is 0 Å². The highest BCUT2D eigenvalue weighted by molar-refractivity contribution is 5.80. The van der Waals surface area contributed by atoms with Gasteiger partial charge in [-0.1, -0.05) is 0 Å². The molecule has 0 aromatic carbocycles. The summed E-state index contributed by atoms with van der Waals surface area (Å²) in [6, 6.07) is -0.165. The van der Waals surface area contributed by atoms with E-state index < -0.39 is 5.97 Å². The summed E-state index contributed by atoms with van der Waals surface area (Å²) in [6.45, 7) is 4.43. The second-order valence-corrected chi connectivity index (χ2v) is 5.42. The smallest absolute Gasteiger partial charge is 0.305 e. The fourth-order valence-corrected chi connectivity index (χ4v) is 2.83. The molecule has 1 amide bonds. The van der Waals surface area contributed by atoms with E-state index in [9.17, 15) is 9.59 Å². The van der Waals surface area contributed by atoms with Crippen molar-refractivity contribution in [1.29, 1.82) is 0 Å². The molecule has 1 aliphatic rings. The van der Waals surface area contributed by atoms with Crippen molar-refractivity contribution >= 4 is 11.9 Å². The molecule has 6 heteroatoms. The summed E-state index contributed by atoms with van der Waals surface area (Å²) in [5.41, 5.74) is 2.67. The van der Waals surface area contributed by atoms with E-state index in [1.54, 1.807) is 4.90 Å². The summed E-state index contributed by atoms with van der Waals surface area (Å²) >= 11 is 0. The Balaban J connectivity index is 2.08. The van der Waals surface area contributed by atoms with Gasteiger partial charge in [-0.3, -0.25) is 14.7 Å². The fraction of sp³-hybridized carbons (Fsp3) is 0.643. The Hall–Kier alpha value is -1.85. The maximum Gasteiger partial charge on any atom is 0.305 e. The average Bonchev–Trinajstić information content (AvgIpc) is 2.70. The molecule has 20 heavy (non-hydrogen) atoms. The van der Waals surface area contributed by atoms with Crippen molar-refractivity contribution in [3.8, 4) is 0 Å². The van der Waals surface area contributed by atoms with Crippen LogP contribution in [-0.2, 0) is 16.0 Å². The minimum Gasteiger partial charge on any atom is -0.481 e. The van der Waals surface area contributed by atoms with Crippen LogP contribution in [0.15, 0.2) is 0 Å². The summed E-state index contributed by atoms with van der Waals surface area (Å²) < 4.78 is 0. The maximum absolute atomic E-state index is 12.5. The third kappa shape index (κ3) is 3.18. The first kappa shape index (κ1) is 14.6. The number of H-pyrrole nitrogens is 1. The zero-order valence-electron chi connectivity index (χ0n) is 12.0. The lowest BCUT2D eigenvalue weighted by atomic mass is 9.98. The number of carbonyl (C=O) groups excluding carboxylic acids is 1. The zero-order chi connectivity index (χ0) is 14.7. The Morgan fingerprint density at radius 1 is 1.40 bits per heavy atom. The van der Waals surface area contributed by atoms with Gasteiger partial charge >= 0.3 is 5.97 Å². The number of carboxylic acid groups (broad SMARTS) is 1. The predicted octanol–water partition coefficient (Wildman–Crippen LogP) is 1.42. The number of likely N-dealkylation sites (tertiary alicyclic amines) is 1. The Labute approximate surface area is 118 Å². The average molecular weight is 279 g/mol. The molecule has 1 atom stereocenters. The highest BCUT2D eigenvalue weighted by atomic mass is 16.4. The zero-order valence-corrected chi connectivity index (χ0v) is 12.0. The molecule has 1 aromatic heterocycles. The lowest BCUT2D eigenvalue weighted by molar-refractivity contribution is -0.141. The molecule has 0 aliphatic carbocycles. The van der Waals surface area contributed by atoms with Crippen LogP contribution in [-0.4, -0.2) is 44.7 Å². The van der Waals surface area contributed by atoms with Crippen molar-refractivity contribution in [3.05, 3.63) is 17.0 Å². The molecule has 2 N–H and O–H groups in total. The Morgan fingerprint density at radius 2 is 2.15 bits per heavy atom. The number of amides is 1. The van der Waals surface area contributed by atoms with Gasteiger partial charge in [0.1, 0.15) is 0 Å². The van der Waals surface area contributed by atoms with Crippen molar-refractivity contribution in [2.45, 2.75) is 52.0 Å². The van der Waals surface area contributed by atoms with Crippen molar-refractivity contribution < 1.29 is 14.7 Å². The lowest BCUT2D eigenvalue weighted by Crippen LogP contribution is -2.45. The van der Waals surface area contributed by atoms with E-state index in [0.717, 1.165) is 36.2 Å². The van der Waals surface area contributed by atoms with Gasteiger partial charge < -0.3 is 10.0 Å². The molecule has 0 radical (unpaired) electrons. The number of hydrogen-bond donors (Lipinski definition) is 2. The summed E-state index contributed by atoms with van der Waals surface area (Å²) in [5, 5.41) is 15.9. The summed E-state index contributed by atoms with van der Waals surface area (Å²) in [7, 11) is 0. The molecule has 1 aliphatic heterocycles. The van der Waals surface area contributed by atoms with Crippen molar-refractivity contribution in [1.82, 2.24) is 15.1 Å². The van der Waals surface area contributed by atoms with E-state index in [4.69, 9.17) is 5.11 Å². The number of rotatable bonds is 4. The topological polar surface area (TPSA) is 86.3 Å². The molecular formula is C14H21N3O3. The van der Waals surface area contributed by atoms with Crippen LogP contribution < -0.4 is 0 Å². The Bertz CT molecular complexity index is 490. The Kier molecular flexibility index (Phi) is 4.42. The number of piperidine rings is 1. The van der Waals surface area contributed by atoms with E-state index in [0.29, 0.717) is 13.0 Å². The molecule has 2 heterocycles. The van der Waals surface area contributed by atoms with E-state index in [2.05, 4.69) is 10.2 Å². The first-order chi connectivity index (χ1) is 9.49. The molecule has 1 unspecified atom stereocenters. The van der Waals surface area contributed by atoms with Crippen LogP contribution in [0.3, 0.4) is 0 Å². The molecule has 1 fully saturated rings. The predicted molar refractivity (Wildman–Crippen MR) is 73.4 cm³/mol. The van der Waals surface area contributed by atoms with Gasteiger partial charge in [0.2, 0.25) is 5.91 Å². The van der Waals surface area contributed by atoms with Crippen LogP contribution in [0.2, 0.25) is 0 Å².